The van der Waals surface area contributed by atoms with Gasteiger partial charge in [-0.1, -0.05) is 68.3 Å². The van der Waals surface area contributed by atoms with Crippen LogP contribution in [0.15, 0.2) is 42.6 Å². The van der Waals surface area contributed by atoms with E-state index in [0.717, 1.165) is 41.5 Å². The van der Waals surface area contributed by atoms with E-state index < -0.39 is 5.92 Å². The standard InChI is InChI=1S/C35H45ClN2O3/c1-35(2,3)38-33(39)21-30-29(25-12-8-13-26(36)19-25)17-18-32-31(34(30)40)20-28(22-37-32)41-27-14-7-6-11-24(15-16-27)23-9-4-5-10-23/h8,12-13,17,19-20,22-24,27,30H,4-7,9-11,14-16,18,21H2,1-3H3,(H,38,39). The summed E-state index contributed by atoms with van der Waals surface area (Å²) in [6, 6.07) is 9.38. The molecule has 6 heteroatoms. The van der Waals surface area contributed by atoms with Crippen LogP contribution in [0.2, 0.25) is 5.02 Å². The highest BCUT2D eigenvalue weighted by atomic mass is 35.5. The van der Waals surface area contributed by atoms with E-state index >= 15 is 0 Å². The van der Waals surface area contributed by atoms with Gasteiger partial charge in [0.2, 0.25) is 5.91 Å². The van der Waals surface area contributed by atoms with Crippen LogP contribution in [-0.2, 0) is 11.2 Å². The first-order valence-electron chi connectivity index (χ1n) is 15.6. The summed E-state index contributed by atoms with van der Waals surface area (Å²) < 4.78 is 6.54. The fourth-order valence-corrected chi connectivity index (χ4v) is 7.30. The number of fused-ring (bicyclic) bond motifs is 1. The molecule has 1 aromatic heterocycles. The number of amides is 1. The number of hydrogen-bond donors (Lipinski definition) is 1. The summed E-state index contributed by atoms with van der Waals surface area (Å²) in [7, 11) is 0. The molecule has 1 N–H and O–H groups in total. The molecule has 0 radical (unpaired) electrons. The lowest BCUT2D eigenvalue weighted by molar-refractivity contribution is -0.122. The Morgan fingerprint density at radius 2 is 1.71 bits per heavy atom. The van der Waals surface area contributed by atoms with Crippen LogP contribution in [0, 0.1) is 17.8 Å². The second-order valence-electron chi connectivity index (χ2n) is 13.4. The molecule has 0 aliphatic heterocycles. The minimum Gasteiger partial charge on any atom is -0.489 e. The summed E-state index contributed by atoms with van der Waals surface area (Å²) in [6.07, 6.45) is 17.2. The zero-order valence-corrected chi connectivity index (χ0v) is 25.6. The molecule has 41 heavy (non-hydrogen) atoms. The Hall–Kier alpha value is -2.66. The first-order valence-corrected chi connectivity index (χ1v) is 16.0. The Balaban J connectivity index is 1.37. The molecule has 2 aromatic rings. The highest BCUT2D eigenvalue weighted by Crippen LogP contribution is 2.39. The number of ketones is 1. The molecular formula is C35H45ClN2O3. The molecule has 1 heterocycles. The van der Waals surface area contributed by atoms with Gasteiger partial charge in [0.1, 0.15) is 5.75 Å². The number of carbonyl (C=O) groups excluding carboxylic acids is 2. The molecule has 3 aliphatic carbocycles. The van der Waals surface area contributed by atoms with Crippen molar-refractivity contribution >= 4 is 28.9 Å². The van der Waals surface area contributed by atoms with Crippen LogP contribution in [0.1, 0.15) is 113 Å². The predicted molar refractivity (Wildman–Crippen MR) is 165 cm³/mol. The lowest BCUT2D eigenvalue weighted by Crippen LogP contribution is -2.42. The fourth-order valence-electron chi connectivity index (χ4n) is 7.11. The molecule has 0 saturated heterocycles. The molecule has 220 valence electrons. The van der Waals surface area contributed by atoms with Crippen LogP contribution >= 0.6 is 11.6 Å². The summed E-state index contributed by atoms with van der Waals surface area (Å²) >= 11 is 6.33. The SMILES string of the molecule is CC(C)(C)NC(=O)CC1C(=O)c2cc(OC3CCCCC(C4CCCC4)CC3)cnc2CC=C1c1cccc(Cl)c1. The molecule has 3 unspecified atom stereocenters. The minimum absolute atomic E-state index is 0.0597. The third-order valence-electron chi connectivity index (χ3n) is 9.06. The summed E-state index contributed by atoms with van der Waals surface area (Å²) in [4.78, 5) is 32.0. The van der Waals surface area contributed by atoms with E-state index in [0.29, 0.717) is 22.8 Å². The van der Waals surface area contributed by atoms with E-state index in [1.54, 1.807) is 6.20 Å². The number of nitrogens with zero attached hydrogens (tertiary/aromatic N) is 1. The maximum Gasteiger partial charge on any atom is 0.221 e. The van der Waals surface area contributed by atoms with Gasteiger partial charge in [0.25, 0.3) is 0 Å². The second-order valence-corrected chi connectivity index (χ2v) is 13.8. The first kappa shape index (κ1) is 29.8. The largest absolute Gasteiger partial charge is 0.489 e. The average molecular weight is 577 g/mol. The quantitative estimate of drug-likeness (QED) is 0.375. The van der Waals surface area contributed by atoms with Crippen LogP contribution < -0.4 is 10.1 Å². The molecule has 5 nitrogen and oxygen atoms in total. The van der Waals surface area contributed by atoms with Crippen LogP contribution in [-0.4, -0.2) is 28.3 Å². The number of carbonyl (C=O) groups is 2. The molecule has 2 saturated carbocycles. The lowest BCUT2D eigenvalue weighted by atomic mass is 9.80. The molecule has 1 amide bonds. The number of ether oxygens (including phenoxy) is 1. The maximum absolute atomic E-state index is 14.2. The third-order valence-corrected chi connectivity index (χ3v) is 9.29. The van der Waals surface area contributed by atoms with E-state index in [1.165, 1.54) is 51.4 Å². The van der Waals surface area contributed by atoms with Crippen LogP contribution in [0.4, 0.5) is 0 Å². The number of allylic oxidation sites excluding steroid dienone is 2. The second kappa shape index (κ2) is 13.1. The number of Topliss-reactive ketones (excluding diaryl/α,β-unsaturated/α-hetero) is 1. The zero-order chi connectivity index (χ0) is 29.0. The average Bonchev–Trinajstić information content (AvgIpc) is 3.40. The van der Waals surface area contributed by atoms with Gasteiger partial charge in [-0.05, 0) is 87.6 Å². The number of benzene rings is 1. The topological polar surface area (TPSA) is 68.3 Å². The van der Waals surface area contributed by atoms with Crippen molar-refractivity contribution < 1.29 is 14.3 Å². The van der Waals surface area contributed by atoms with Crippen molar-refractivity contribution in [2.75, 3.05) is 0 Å². The van der Waals surface area contributed by atoms with Crippen molar-refractivity contribution in [2.24, 2.45) is 17.8 Å². The minimum atomic E-state index is -0.636. The number of halogens is 1. The van der Waals surface area contributed by atoms with Gasteiger partial charge >= 0.3 is 0 Å². The number of nitrogens with one attached hydrogen (secondary N) is 1. The molecular weight excluding hydrogens is 532 g/mol. The van der Waals surface area contributed by atoms with Crippen LogP contribution in [0.3, 0.4) is 0 Å². The highest BCUT2D eigenvalue weighted by Gasteiger charge is 2.33. The number of pyridine rings is 1. The Bertz CT molecular complexity index is 1270. The molecule has 0 spiro atoms. The van der Waals surface area contributed by atoms with Crippen molar-refractivity contribution in [1.29, 1.82) is 0 Å². The normalized spacial score (nSPS) is 24.0. The Kier molecular flexibility index (Phi) is 9.53. The summed E-state index contributed by atoms with van der Waals surface area (Å²) in [5, 5.41) is 3.63. The Morgan fingerprint density at radius 3 is 2.41 bits per heavy atom. The van der Waals surface area contributed by atoms with E-state index in [2.05, 4.69) is 5.32 Å². The summed E-state index contributed by atoms with van der Waals surface area (Å²) in [5.41, 5.74) is 2.56. The summed E-state index contributed by atoms with van der Waals surface area (Å²) in [5.74, 6) is 1.50. The number of aromatic nitrogens is 1. The number of hydrogen-bond acceptors (Lipinski definition) is 4. The fraction of sp³-hybridized carbons (Fsp3) is 0.571. The van der Waals surface area contributed by atoms with Crippen molar-refractivity contribution in [3.05, 3.63) is 64.4 Å². The van der Waals surface area contributed by atoms with Crippen LogP contribution in [0.25, 0.3) is 5.57 Å². The van der Waals surface area contributed by atoms with Crippen LogP contribution in [0.5, 0.6) is 5.75 Å². The predicted octanol–water partition coefficient (Wildman–Crippen LogP) is 8.39. The zero-order valence-electron chi connectivity index (χ0n) is 24.9. The Labute approximate surface area is 250 Å². The summed E-state index contributed by atoms with van der Waals surface area (Å²) in [6.45, 7) is 5.84. The first-order chi connectivity index (χ1) is 19.7. The molecule has 0 bridgehead atoms. The van der Waals surface area contributed by atoms with Gasteiger partial charge in [-0.2, -0.15) is 0 Å². The van der Waals surface area contributed by atoms with Gasteiger partial charge in [0, 0.05) is 29.0 Å². The van der Waals surface area contributed by atoms with E-state index in [-0.39, 0.29) is 29.8 Å². The van der Waals surface area contributed by atoms with E-state index in [9.17, 15) is 9.59 Å². The molecule has 1 aromatic carbocycles. The molecule has 3 aliphatic rings. The van der Waals surface area contributed by atoms with E-state index in [4.69, 9.17) is 21.3 Å². The van der Waals surface area contributed by atoms with Gasteiger partial charge in [0.05, 0.1) is 23.9 Å². The van der Waals surface area contributed by atoms with Crippen molar-refractivity contribution in [3.8, 4) is 5.75 Å². The van der Waals surface area contributed by atoms with Gasteiger partial charge in [-0.3, -0.25) is 14.6 Å². The molecule has 2 fully saturated rings. The van der Waals surface area contributed by atoms with Gasteiger partial charge in [-0.25, -0.2) is 0 Å². The maximum atomic E-state index is 14.2. The smallest absolute Gasteiger partial charge is 0.221 e. The van der Waals surface area contributed by atoms with Crippen molar-refractivity contribution in [3.63, 3.8) is 0 Å². The lowest BCUT2D eigenvalue weighted by Gasteiger charge is -2.29. The molecule has 3 atom stereocenters. The number of rotatable bonds is 6. The van der Waals surface area contributed by atoms with Crippen molar-refractivity contribution in [2.45, 2.75) is 109 Å². The van der Waals surface area contributed by atoms with Gasteiger partial charge < -0.3 is 10.1 Å². The van der Waals surface area contributed by atoms with E-state index in [1.807, 2.05) is 57.2 Å². The van der Waals surface area contributed by atoms with Crippen molar-refractivity contribution in [1.82, 2.24) is 10.3 Å². The highest BCUT2D eigenvalue weighted by molar-refractivity contribution is 6.30. The molecule has 5 rings (SSSR count). The monoisotopic (exact) mass is 576 g/mol. The Morgan fingerprint density at radius 1 is 1.00 bits per heavy atom. The van der Waals surface area contributed by atoms with Gasteiger partial charge in [-0.15, -0.1) is 0 Å². The van der Waals surface area contributed by atoms with Gasteiger partial charge in [0.15, 0.2) is 5.78 Å². The third kappa shape index (κ3) is 7.80.